The molecule has 8 heteroatoms. The molecule has 166 valence electrons. The molecule has 0 radical (unpaired) electrons. The van der Waals surface area contributed by atoms with Crippen LogP contribution in [0, 0.1) is 0 Å². The largest absolute Gasteiger partial charge is 0.454 e. The van der Waals surface area contributed by atoms with Crippen LogP contribution in [0.4, 0.5) is 5.69 Å². The van der Waals surface area contributed by atoms with Crippen LogP contribution in [0.25, 0.3) is 22.6 Å². The zero-order valence-corrected chi connectivity index (χ0v) is 18.9. The van der Waals surface area contributed by atoms with E-state index in [1.165, 1.54) is 5.56 Å². The minimum Gasteiger partial charge on any atom is -0.454 e. The molecule has 2 N–H and O–H groups in total. The minimum atomic E-state index is -0.347. The number of hydrogen-bond donors (Lipinski definition) is 2. The first-order chi connectivity index (χ1) is 16.0. The fraction of sp³-hybridized carbons (Fsp3) is 0.160. The Morgan fingerprint density at radius 2 is 1.79 bits per heavy atom. The Bertz CT molecular complexity index is 1360. The van der Waals surface area contributed by atoms with E-state index >= 15 is 0 Å². The molecule has 0 aliphatic carbocycles. The van der Waals surface area contributed by atoms with E-state index in [1.54, 1.807) is 18.2 Å². The number of thiocarbonyl (C=S) groups is 1. The van der Waals surface area contributed by atoms with Crippen LogP contribution in [0.15, 0.2) is 65.1 Å². The van der Waals surface area contributed by atoms with Crippen molar-refractivity contribution < 1.29 is 18.7 Å². The second kappa shape index (κ2) is 8.55. The van der Waals surface area contributed by atoms with Crippen LogP contribution in [0.3, 0.4) is 0 Å². The van der Waals surface area contributed by atoms with Gasteiger partial charge in [0.2, 0.25) is 12.7 Å². The highest BCUT2D eigenvalue weighted by Gasteiger charge is 2.17. The van der Waals surface area contributed by atoms with Crippen LogP contribution >= 0.6 is 12.2 Å². The van der Waals surface area contributed by atoms with Crippen LogP contribution < -0.4 is 20.1 Å². The van der Waals surface area contributed by atoms with Crippen LogP contribution in [0.5, 0.6) is 11.5 Å². The van der Waals surface area contributed by atoms with Crippen molar-refractivity contribution in [1.82, 2.24) is 10.3 Å². The van der Waals surface area contributed by atoms with E-state index in [0.29, 0.717) is 45.7 Å². The number of oxazole rings is 1. The number of amides is 1. The number of hydrogen-bond acceptors (Lipinski definition) is 6. The molecule has 2 heterocycles. The topological polar surface area (TPSA) is 85.6 Å². The predicted octanol–water partition coefficient (Wildman–Crippen LogP) is 5.47. The molecular weight excluding hydrogens is 438 g/mol. The third-order valence-electron chi connectivity index (χ3n) is 5.33. The van der Waals surface area contributed by atoms with Gasteiger partial charge in [-0.15, -0.1) is 0 Å². The Balaban J connectivity index is 1.28. The molecule has 3 aromatic carbocycles. The molecule has 0 atom stereocenters. The molecule has 1 aliphatic heterocycles. The molecular formula is C25H21N3O4S. The van der Waals surface area contributed by atoms with Gasteiger partial charge in [-0.05, 0) is 72.2 Å². The van der Waals surface area contributed by atoms with Gasteiger partial charge in [-0.1, -0.05) is 26.0 Å². The number of anilines is 1. The first kappa shape index (κ1) is 21.0. The molecule has 1 aromatic heterocycles. The number of fused-ring (bicyclic) bond motifs is 2. The van der Waals surface area contributed by atoms with Gasteiger partial charge in [-0.3, -0.25) is 10.1 Å². The molecule has 0 unspecified atom stereocenters. The first-order valence-electron chi connectivity index (χ1n) is 10.5. The first-order valence-corrected chi connectivity index (χ1v) is 10.9. The van der Waals surface area contributed by atoms with Gasteiger partial charge in [-0.2, -0.15) is 0 Å². The van der Waals surface area contributed by atoms with Gasteiger partial charge < -0.3 is 19.2 Å². The Morgan fingerprint density at radius 3 is 2.58 bits per heavy atom. The molecule has 0 saturated carbocycles. The standard InChI is InChI=1S/C25H21N3O4S/c1-14(2)15-3-5-16(6-4-15)24-27-19-12-18(8-10-20(19)32-24)26-25(33)28-23(29)17-7-9-21-22(11-17)31-13-30-21/h3-12,14H,13H2,1-2H3,(H2,26,28,29,33). The van der Waals surface area contributed by atoms with E-state index in [-0.39, 0.29) is 17.8 Å². The average Bonchev–Trinajstić information content (AvgIpc) is 3.45. The van der Waals surface area contributed by atoms with Gasteiger partial charge in [0, 0.05) is 16.8 Å². The van der Waals surface area contributed by atoms with Crippen LogP contribution in [0.1, 0.15) is 35.7 Å². The molecule has 5 rings (SSSR count). The molecule has 1 aliphatic rings. The van der Waals surface area contributed by atoms with Gasteiger partial charge in [0.05, 0.1) is 0 Å². The Hall–Kier alpha value is -3.91. The van der Waals surface area contributed by atoms with Crippen molar-refractivity contribution in [2.24, 2.45) is 0 Å². The third-order valence-corrected chi connectivity index (χ3v) is 5.54. The van der Waals surface area contributed by atoms with Crippen LogP contribution in [-0.4, -0.2) is 22.8 Å². The van der Waals surface area contributed by atoms with Crippen molar-refractivity contribution in [3.05, 3.63) is 71.8 Å². The maximum Gasteiger partial charge on any atom is 0.257 e. The van der Waals surface area contributed by atoms with Crippen molar-refractivity contribution in [1.29, 1.82) is 0 Å². The average molecular weight is 460 g/mol. The number of carbonyl (C=O) groups is 1. The van der Waals surface area contributed by atoms with E-state index < -0.39 is 0 Å². The highest BCUT2D eigenvalue weighted by molar-refractivity contribution is 7.80. The van der Waals surface area contributed by atoms with E-state index in [4.69, 9.17) is 26.1 Å². The van der Waals surface area contributed by atoms with Crippen LogP contribution in [-0.2, 0) is 0 Å². The lowest BCUT2D eigenvalue weighted by Gasteiger charge is -2.09. The zero-order valence-electron chi connectivity index (χ0n) is 18.0. The molecule has 0 saturated heterocycles. The molecule has 0 spiro atoms. The fourth-order valence-corrected chi connectivity index (χ4v) is 3.73. The predicted molar refractivity (Wildman–Crippen MR) is 130 cm³/mol. The SMILES string of the molecule is CC(C)c1ccc(-c2nc3cc(NC(=S)NC(=O)c4ccc5c(c4)OCO5)ccc3o2)cc1. The van der Waals surface area contributed by atoms with Crippen LogP contribution in [0.2, 0.25) is 0 Å². The summed E-state index contributed by atoms with van der Waals surface area (Å²) in [6.07, 6.45) is 0. The zero-order chi connectivity index (χ0) is 22.9. The van der Waals surface area contributed by atoms with Gasteiger partial charge in [-0.25, -0.2) is 4.98 Å². The minimum absolute atomic E-state index is 0.149. The molecule has 1 amide bonds. The van der Waals surface area contributed by atoms with Crippen molar-refractivity contribution in [2.75, 3.05) is 12.1 Å². The summed E-state index contributed by atoms with van der Waals surface area (Å²) in [5.41, 5.74) is 4.64. The molecule has 0 bridgehead atoms. The Morgan fingerprint density at radius 1 is 1.00 bits per heavy atom. The second-order valence-electron chi connectivity index (χ2n) is 7.95. The summed E-state index contributed by atoms with van der Waals surface area (Å²) in [7, 11) is 0. The lowest BCUT2D eigenvalue weighted by molar-refractivity contribution is 0.0977. The summed E-state index contributed by atoms with van der Waals surface area (Å²) in [6.45, 7) is 4.46. The number of benzene rings is 3. The molecule has 0 fully saturated rings. The number of rotatable bonds is 4. The maximum atomic E-state index is 12.5. The molecule has 33 heavy (non-hydrogen) atoms. The number of ether oxygens (including phenoxy) is 2. The van der Waals surface area contributed by atoms with Crippen molar-refractivity contribution in [3.63, 3.8) is 0 Å². The number of nitrogens with one attached hydrogen (secondary N) is 2. The summed E-state index contributed by atoms with van der Waals surface area (Å²) < 4.78 is 16.5. The Labute approximate surface area is 195 Å². The van der Waals surface area contributed by atoms with Gasteiger partial charge in [0.1, 0.15) is 5.52 Å². The quantitative estimate of drug-likeness (QED) is 0.391. The second-order valence-corrected chi connectivity index (χ2v) is 8.36. The summed E-state index contributed by atoms with van der Waals surface area (Å²) >= 11 is 5.31. The third kappa shape index (κ3) is 4.38. The maximum absolute atomic E-state index is 12.5. The Kier molecular flexibility index (Phi) is 5.43. The van der Waals surface area contributed by atoms with E-state index in [0.717, 1.165) is 5.56 Å². The normalized spacial score (nSPS) is 12.2. The summed E-state index contributed by atoms with van der Waals surface area (Å²) in [4.78, 5) is 17.1. The molecule has 4 aromatic rings. The number of nitrogens with zero attached hydrogens (tertiary/aromatic N) is 1. The van der Waals surface area contributed by atoms with Gasteiger partial charge >= 0.3 is 0 Å². The summed E-state index contributed by atoms with van der Waals surface area (Å²) in [5, 5.41) is 5.86. The van der Waals surface area contributed by atoms with Crippen molar-refractivity contribution >= 4 is 40.0 Å². The lowest BCUT2D eigenvalue weighted by Crippen LogP contribution is -2.34. The van der Waals surface area contributed by atoms with Crippen molar-refractivity contribution in [2.45, 2.75) is 19.8 Å². The van der Waals surface area contributed by atoms with E-state index in [2.05, 4.69) is 41.6 Å². The summed E-state index contributed by atoms with van der Waals surface area (Å²) in [5.74, 6) is 1.82. The monoisotopic (exact) mass is 459 g/mol. The van der Waals surface area contributed by atoms with Crippen molar-refractivity contribution in [3.8, 4) is 23.0 Å². The van der Waals surface area contributed by atoms with Gasteiger partial charge in [0.25, 0.3) is 5.91 Å². The fourth-order valence-electron chi connectivity index (χ4n) is 3.51. The highest BCUT2D eigenvalue weighted by Crippen LogP contribution is 2.32. The van der Waals surface area contributed by atoms with E-state index in [1.807, 2.05) is 30.3 Å². The van der Waals surface area contributed by atoms with E-state index in [9.17, 15) is 4.79 Å². The number of aromatic nitrogens is 1. The highest BCUT2D eigenvalue weighted by atomic mass is 32.1. The smallest absolute Gasteiger partial charge is 0.257 e. The molecule has 7 nitrogen and oxygen atoms in total. The number of carbonyl (C=O) groups excluding carboxylic acids is 1. The summed E-state index contributed by atoms with van der Waals surface area (Å²) in [6, 6.07) is 18.6. The lowest BCUT2D eigenvalue weighted by atomic mass is 10.0. The van der Waals surface area contributed by atoms with Gasteiger partial charge in [0.15, 0.2) is 22.2 Å².